The fourth-order valence-corrected chi connectivity index (χ4v) is 4.76. The van der Waals surface area contributed by atoms with Crippen LogP contribution in [0.5, 0.6) is 0 Å². The van der Waals surface area contributed by atoms with Crippen molar-refractivity contribution in [2.24, 2.45) is 11.8 Å². The van der Waals surface area contributed by atoms with Gasteiger partial charge in [-0.15, -0.1) is 0 Å². The van der Waals surface area contributed by atoms with Gasteiger partial charge in [0.1, 0.15) is 17.1 Å². The van der Waals surface area contributed by atoms with E-state index in [1.807, 2.05) is 6.92 Å². The fraction of sp³-hybridized carbons (Fsp3) is 0.714. The minimum absolute atomic E-state index is 0.0560. The predicted molar refractivity (Wildman–Crippen MR) is 107 cm³/mol. The maximum absolute atomic E-state index is 13.5. The summed E-state index contributed by atoms with van der Waals surface area (Å²) < 4.78 is 0. The molecule has 0 bridgehead atoms. The summed E-state index contributed by atoms with van der Waals surface area (Å²) in [7, 11) is 0. The van der Waals surface area contributed by atoms with E-state index >= 15 is 0 Å². The first kappa shape index (κ1) is 19.9. The van der Waals surface area contributed by atoms with E-state index < -0.39 is 5.54 Å². The van der Waals surface area contributed by atoms with Crippen LogP contribution in [0.25, 0.3) is 0 Å². The first-order chi connectivity index (χ1) is 13.8. The van der Waals surface area contributed by atoms with Crippen molar-refractivity contribution in [3.63, 3.8) is 0 Å². The number of carbonyl (C=O) groups excluding carboxylic acids is 3. The lowest BCUT2D eigenvalue weighted by atomic mass is 9.83. The van der Waals surface area contributed by atoms with Crippen LogP contribution >= 0.6 is 0 Å². The highest BCUT2D eigenvalue weighted by Crippen LogP contribution is 2.39. The van der Waals surface area contributed by atoms with Crippen molar-refractivity contribution in [2.75, 3.05) is 26.2 Å². The summed E-state index contributed by atoms with van der Waals surface area (Å²) >= 11 is 0. The summed E-state index contributed by atoms with van der Waals surface area (Å²) in [5.41, 5.74) is -0.330. The van der Waals surface area contributed by atoms with E-state index in [0.29, 0.717) is 56.5 Å². The molecule has 3 heterocycles. The number of nitrogens with zero attached hydrogens (tertiary/aromatic N) is 4. The van der Waals surface area contributed by atoms with Crippen LogP contribution in [0.15, 0.2) is 6.20 Å². The highest BCUT2D eigenvalue weighted by molar-refractivity contribution is 6.07. The molecule has 4 amide bonds. The fourth-order valence-electron chi connectivity index (χ4n) is 4.76. The number of imide groups is 1. The minimum atomic E-state index is -0.800. The molecule has 158 valence electrons. The summed E-state index contributed by atoms with van der Waals surface area (Å²) in [5.74, 6) is 1.27. The van der Waals surface area contributed by atoms with Crippen LogP contribution in [-0.4, -0.2) is 74.2 Å². The second-order valence-corrected chi connectivity index (χ2v) is 9.21. The van der Waals surface area contributed by atoms with E-state index in [1.54, 1.807) is 16.0 Å². The number of imidazole rings is 1. The first-order valence-electron chi connectivity index (χ1n) is 10.8. The van der Waals surface area contributed by atoms with Gasteiger partial charge in [-0.1, -0.05) is 20.3 Å². The molecule has 1 aromatic heterocycles. The lowest BCUT2D eigenvalue weighted by molar-refractivity contribution is -0.136. The van der Waals surface area contributed by atoms with Gasteiger partial charge in [-0.05, 0) is 44.4 Å². The van der Waals surface area contributed by atoms with Crippen LogP contribution in [0, 0.1) is 18.8 Å². The Labute approximate surface area is 171 Å². The summed E-state index contributed by atoms with van der Waals surface area (Å²) in [4.78, 5) is 51.5. The Kier molecular flexibility index (Phi) is 5.12. The van der Waals surface area contributed by atoms with Gasteiger partial charge in [-0.25, -0.2) is 9.78 Å². The van der Waals surface area contributed by atoms with Crippen LogP contribution < -0.4 is 0 Å². The molecule has 3 aliphatic rings. The number of carbonyl (C=O) groups is 3. The predicted octanol–water partition coefficient (Wildman–Crippen LogP) is 2.41. The molecule has 0 unspecified atom stereocenters. The maximum Gasteiger partial charge on any atom is 0.327 e. The minimum Gasteiger partial charge on any atom is -0.338 e. The van der Waals surface area contributed by atoms with Gasteiger partial charge in [0.25, 0.3) is 11.8 Å². The molecule has 1 aromatic rings. The second-order valence-electron chi connectivity index (χ2n) is 9.21. The number of aromatic amines is 1. The standard InChI is InChI=1S/C21H31N5O3/c1-14(2)12-26-20(29)25(13-16-5-4-6-16)19(28)21(26)7-9-24(10-8-21)18(27)17-11-22-15(3)23-17/h11,14,16H,4-10,12-13H2,1-3H3,(H,22,23). The number of hydrogen-bond acceptors (Lipinski definition) is 4. The lowest BCUT2D eigenvalue weighted by Gasteiger charge is -2.42. The Balaban J connectivity index is 1.52. The maximum atomic E-state index is 13.5. The van der Waals surface area contributed by atoms with Gasteiger partial charge in [0.2, 0.25) is 0 Å². The molecule has 8 heteroatoms. The Morgan fingerprint density at radius 1 is 1.28 bits per heavy atom. The topological polar surface area (TPSA) is 89.6 Å². The normalized spacial score (nSPS) is 22.1. The van der Waals surface area contributed by atoms with E-state index in [0.717, 1.165) is 12.8 Å². The Morgan fingerprint density at radius 3 is 2.48 bits per heavy atom. The van der Waals surface area contributed by atoms with Crippen molar-refractivity contribution < 1.29 is 14.4 Å². The monoisotopic (exact) mass is 401 g/mol. The third-order valence-corrected chi connectivity index (χ3v) is 6.65. The summed E-state index contributed by atoms with van der Waals surface area (Å²) in [5, 5.41) is 0. The molecule has 29 heavy (non-hydrogen) atoms. The van der Waals surface area contributed by atoms with Gasteiger partial charge < -0.3 is 14.8 Å². The molecule has 2 saturated heterocycles. The number of piperidine rings is 1. The van der Waals surface area contributed by atoms with Crippen LogP contribution in [0.1, 0.15) is 62.3 Å². The molecule has 1 aliphatic carbocycles. The van der Waals surface area contributed by atoms with Gasteiger partial charge in [-0.3, -0.25) is 14.5 Å². The van der Waals surface area contributed by atoms with Crippen molar-refractivity contribution in [1.29, 1.82) is 0 Å². The molecule has 1 N–H and O–H groups in total. The van der Waals surface area contributed by atoms with Gasteiger partial charge in [0.15, 0.2) is 0 Å². The largest absolute Gasteiger partial charge is 0.338 e. The number of rotatable bonds is 5. The SMILES string of the molecule is Cc1ncc(C(=O)N2CCC3(CC2)C(=O)N(CC2CCC2)C(=O)N3CC(C)C)[nH]1. The highest BCUT2D eigenvalue weighted by Gasteiger charge is 2.58. The zero-order valence-corrected chi connectivity index (χ0v) is 17.6. The molecule has 4 rings (SSSR count). The molecule has 8 nitrogen and oxygen atoms in total. The molecular weight excluding hydrogens is 370 g/mol. The summed E-state index contributed by atoms with van der Waals surface area (Å²) in [6.45, 7) is 7.98. The van der Waals surface area contributed by atoms with Crippen LogP contribution in [0.2, 0.25) is 0 Å². The molecule has 0 aromatic carbocycles. The molecule has 0 radical (unpaired) electrons. The van der Waals surface area contributed by atoms with Crippen LogP contribution in [0.4, 0.5) is 4.79 Å². The number of nitrogens with one attached hydrogen (secondary N) is 1. The molecule has 2 aliphatic heterocycles. The summed E-state index contributed by atoms with van der Waals surface area (Å²) in [6, 6.07) is -0.139. The van der Waals surface area contributed by atoms with Crippen LogP contribution in [-0.2, 0) is 4.79 Å². The lowest BCUT2D eigenvalue weighted by Crippen LogP contribution is -2.58. The van der Waals surface area contributed by atoms with Crippen molar-refractivity contribution >= 4 is 17.8 Å². The zero-order chi connectivity index (χ0) is 20.8. The Bertz CT molecular complexity index is 805. The average molecular weight is 402 g/mol. The summed E-state index contributed by atoms with van der Waals surface area (Å²) in [6.07, 6.45) is 5.92. The van der Waals surface area contributed by atoms with Gasteiger partial charge in [-0.2, -0.15) is 0 Å². The molecule has 0 atom stereocenters. The van der Waals surface area contributed by atoms with E-state index in [-0.39, 0.29) is 23.8 Å². The molecular formula is C21H31N5O3. The number of H-pyrrole nitrogens is 1. The average Bonchev–Trinajstić information content (AvgIpc) is 3.16. The van der Waals surface area contributed by atoms with Crippen molar-refractivity contribution in [3.05, 3.63) is 17.7 Å². The molecule has 3 fully saturated rings. The van der Waals surface area contributed by atoms with E-state index in [2.05, 4.69) is 23.8 Å². The number of urea groups is 1. The van der Waals surface area contributed by atoms with Gasteiger partial charge >= 0.3 is 6.03 Å². The third kappa shape index (κ3) is 3.42. The number of likely N-dealkylation sites (tertiary alicyclic amines) is 1. The van der Waals surface area contributed by atoms with Crippen LogP contribution in [0.3, 0.4) is 0 Å². The second kappa shape index (κ2) is 7.46. The van der Waals surface area contributed by atoms with Gasteiger partial charge in [0.05, 0.1) is 6.20 Å². The third-order valence-electron chi connectivity index (χ3n) is 6.65. The van der Waals surface area contributed by atoms with Gasteiger partial charge in [0, 0.05) is 26.2 Å². The molecule has 1 spiro atoms. The Morgan fingerprint density at radius 2 is 1.97 bits per heavy atom. The number of amides is 4. The van der Waals surface area contributed by atoms with E-state index in [9.17, 15) is 14.4 Å². The first-order valence-corrected chi connectivity index (χ1v) is 10.8. The van der Waals surface area contributed by atoms with Crippen molar-refractivity contribution in [3.8, 4) is 0 Å². The Hall–Kier alpha value is -2.38. The number of hydrogen-bond donors (Lipinski definition) is 1. The number of aryl methyl sites for hydroxylation is 1. The smallest absolute Gasteiger partial charge is 0.327 e. The van der Waals surface area contributed by atoms with E-state index in [1.165, 1.54) is 11.3 Å². The van der Waals surface area contributed by atoms with Crippen molar-refractivity contribution in [2.45, 2.75) is 58.4 Å². The highest BCUT2D eigenvalue weighted by atomic mass is 16.2. The quantitative estimate of drug-likeness (QED) is 0.767. The molecule has 1 saturated carbocycles. The van der Waals surface area contributed by atoms with E-state index in [4.69, 9.17) is 0 Å². The number of aromatic nitrogens is 2. The van der Waals surface area contributed by atoms with Crippen molar-refractivity contribution in [1.82, 2.24) is 24.7 Å². The zero-order valence-electron chi connectivity index (χ0n) is 17.6.